The minimum absolute atomic E-state index is 0.0472. The molecule has 0 radical (unpaired) electrons. The Morgan fingerprint density at radius 2 is 1.50 bits per heavy atom. The number of hydrogen-bond donors (Lipinski definition) is 1. The van der Waals surface area contributed by atoms with E-state index in [-0.39, 0.29) is 36.5 Å². The van der Waals surface area contributed by atoms with Crippen LogP contribution in [0.5, 0.6) is 0 Å². The van der Waals surface area contributed by atoms with Crippen LogP contribution in [0, 0.1) is 0 Å². The average molecular weight is 580 g/mol. The second kappa shape index (κ2) is 15.2. The minimum Gasteiger partial charge on any atom is -0.463 e. The number of amides is 1. The summed E-state index contributed by atoms with van der Waals surface area (Å²) in [6.07, 6.45) is -1.93. The van der Waals surface area contributed by atoms with Gasteiger partial charge in [0, 0.05) is 31.3 Å². The molecule has 0 aliphatic rings. The predicted octanol–water partition coefficient (Wildman–Crippen LogP) is 2.31. The SMILES string of the molecule is CCC(COC(=O)CCC(=O)NC)OC([C@H](C)OC(=O)c1ccccc1)n1ccc(=O)n(C(=O)c2ccccc2)c1=O. The van der Waals surface area contributed by atoms with Crippen LogP contribution in [0.4, 0.5) is 0 Å². The van der Waals surface area contributed by atoms with Crippen molar-refractivity contribution >= 4 is 23.8 Å². The van der Waals surface area contributed by atoms with Crippen molar-refractivity contribution in [2.45, 2.75) is 51.5 Å². The molecule has 1 N–H and O–H groups in total. The summed E-state index contributed by atoms with van der Waals surface area (Å²) in [5.41, 5.74) is -1.49. The number of nitrogens with one attached hydrogen (secondary N) is 1. The fourth-order valence-electron chi connectivity index (χ4n) is 3.90. The monoisotopic (exact) mass is 579 g/mol. The zero-order chi connectivity index (χ0) is 30.6. The smallest absolute Gasteiger partial charge is 0.340 e. The van der Waals surface area contributed by atoms with Gasteiger partial charge in [-0.3, -0.25) is 23.7 Å². The molecule has 0 aliphatic heterocycles. The van der Waals surface area contributed by atoms with Crippen LogP contribution in [0.25, 0.3) is 0 Å². The van der Waals surface area contributed by atoms with E-state index in [4.69, 9.17) is 14.2 Å². The Labute approximate surface area is 241 Å². The van der Waals surface area contributed by atoms with Crippen molar-refractivity contribution in [1.82, 2.24) is 14.5 Å². The molecule has 12 nitrogen and oxygen atoms in total. The number of aromatic nitrogens is 2. The van der Waals surface area contributed by atoms with Gasteiger partial charge >= 0.3 is 17.6 Å². The van der Waals surface area contributed by atoms with Gasteiger partial charge in [-0.25, -0.2) is 9.59 Å². The second-order valence-corrected chi connectivity index (χ2v) is 9.24. The second-order valence-electron chi connectivity index (χ2n) is 9.24. The molecule has 1 aromatic heterocycles. The van der Waals surface area contributed by atoms with E-state index in [1.807, 2.05) is 0 Å². The number of nitrogens with zero attached hydrogens (tertiary/aromatic N) is 2. The first-order valence-electron chi connectivity index (χ1n) is 13.4. The zero-order valence-electron chi connectivity index (χ0n) is 23.6. The summed E-state index contributed by atoms with van der Waals surface area (Å²) < 4.78 is 18.5. The molecule has 1 amide bonds. The topological polar surface area (TPSA) is 152 Å². The van der Waals surface area contributed by atoms with E-state index < -0.39 is 47.5 Å². The molecule has 3 aromatic rings. The number of hydrogen-bond acceptors (Lipinski definition) is 9. The van der Waals surface area contributed by atoms with Gasteiger partial charge < -0.3 is 19.5 Å². The maximum Gasteiger partial charge on any atom is 0.340 e. The summed E-state index contributed by atoms with van der Waals surface area (Å²) in [4.78, 5) is 75.8. The van der Waals surface area contributed by atoms with Crippen molar-refractivity contribution in [3.63, 3.8) is 0 Å². The molecule has 0 spiro atoms. The summed E-state index contributed by atoms with van der Waals surface area (Å²) in [5.74, 6) is -2.47. The molecule has 1 heterocycles. The summed E-state index contributed by atoms with van der Waals surface area (Å²) in [5, 5.41) is 2.42. The van der Waals surface area contributed by atoms with Crippen LogP contribution in [0.1, 0.15) is 60.1 Å². The van der Waals surface area contributed by atoms with Gasteiger partial charge in [0.25, 0.3) is 11.5 Å². The standard InChI is InChI=1S/C30H33N3O9/c1-4-23(19-40-26(36)16-15-24(34)31-3)42-28(20(2)41-29(38)22-13-9-6-10-14-22)32-18-17-25(35)33(30(32)39)27(37)21-11-7-5-8-12-21/h5-14,17-18,20,23,28H,4,15-16,19H2,1-3H3,(H,31,34)/t20-,23?,28?/m0/s1. The Kier molecular flexibility index (Phi) is 11.5. The van der Waals surface area contributed by atoms with E-state index in [1.54, 1.807) is 55.5 Å². The lowest BCUT2D eigenvalue weighted by Gasteiger charge is -2.30. The highest BCUT2D eigenvalue weighted by atomic mass is 16.6. The van der Waals surface area contributed by atoms with Crippen molar-refractivity contribution in [2.75, 3.05) is 13.7 Å². The molecule has 3 atom stereocenters. The van der Waals surface area contributed by atoms with Gasteiger partial charge in [-0.05, 0) is 37.6 Å². The number of benzene rings is 2. The molecule has 2 aromatic carbocycles. The molecule has 3 rings (SSSR count). The van der Waals surface area contributed by atoms with E-state index in [9.17, 15) is 28.8 Å². The first kappa shape index (κ1) is 31.7. The van der Waals surface area contributed by atoms with Gasteiger partial charge in [-0.15, -0.1) is 0 Å². The molecule has 0 fully saturated rings. The predicted molar refractivity (Wildman–Crippen MR) is 151 cm³/mol. The van der Waals surface area contributed by atoms with Gasteiger partial charge in [0.2, 0.25) is 5.91 Å². The van der Waals surface area contributed by atoms with E-state index in [0.29, 0.717) is 11.0 Å². The maximum atomic E-state index is 13.6. The van der Waals surface area contributed by atoms with E-state index in [0.717, 1.165) is 16.8 Å². The molecular weight excluding hydrogens is 546 g/mol. The quantitative estimate of drug-likeness (QED) is 0.301. The van der Waals surface area contributed by atoms with Gasteiger partial charge in [0.15, 0.2) is 6.23 Å². The van der Waals surface area contributed by atoms with Gasteiger partial charge in [0.1, 0.15) is 12.7 Å². The summed E-state index contributed by atoms with van der Waals surface area (Å²) in [6.45, 7) is 3.02. The zero-order valence-corrected chi connectivity index (χ0v) is 23.6. The van der Waals surface area contributed by atoms with Crippen LogP contribution in [0.3, 0.4) is 0 Å². The third-order valence-corrected chi connectivity index (χ3v) is 6.26. The van der Waals surface area contributed by atoms with Crippen LogP contribution < -0.4 is 16.6 Å². The Bertz CT molecular complexity index is 1500. The number of rotatable bonds is 13. The summed E-state index contributed by atoms with van der Waals surface area (Å²) in [6, 6.07) is 17.0. The third kappa shape index (κ3) is 8.33. The number of ether oxygens (including phenoxy) is 3. The van der Waals surface area contributed by atoms with Crippen LogP contribution in [0.2, 0.25) is 0 Å². The van der Waals surface area contributed by atoms with Crippen LogP contribution in [-0.4, -0.2) is 58.7 Å². The number of carbonyl (C=O) groups is 4. The molecule has 0 saturated heterocycles. The first-order chi connectivity index (χ1) is 20.2. The Morgan fingerprint density at radius 1 is 0.881 bits per heavy atom. The largest absolute Gasteiger partial charge is 0.463 e. The molecular formula is C30H33N3O9. The maximum absolute atomic E-state index is 13.6. The Hall–Kier alpha value is -4.84. The lowest BCUT2D eigenvalue weighted by atomic mass is 10.2. The molecule has 2 unspecified atom stereocenters. The molecule has 222 valence electrons. The Balaban J connectivity index is 1.93. The van der Waals surface area contributed by atoms with Crippen molar-refractivity contribution in [3.8, 4) is 0 Å². The van der Waals surface area contributed by atoms with Gasteiger partial charge in [-0.2, -0.15) is 4.57 Å². The molecule has 0 bridgehead atoms. The summed E-state index contributed by atoms with van der Waals surface area (Å²) in [7, 11) is 1.46. The molecule has 0 saturated carbocycles. The van der Waals surface area contributed by atoms with Gasteiger partial charge in [0.05, 0.1) is 18.1 Å². The summed E-state index contributed by atoms with van der Waals surface area (Å²) >= 11 is 0. The first-order valence-corrected chi connectivity index (χ1v) is 13.4. The highest BCUT2D eigenvalue weighted by molar-refractivity contribution is 5.95. The van der Waals surface area contributed by atoms with Crippen molar-refractivity contribution in [2.24, 2.45) is 0 Å². The van der Waals surface area contributed by atoms with Crippen molar-refractivity contribution in [1.29, 1.82) is 0 Å². The fraction of sp³-hybridized carbons (Fsp3) is 0.333. The Morgan fingerprint density at radius 3 is 2.10 bits per heavy atom. The minimum atomic E-state index is -1.32. The fourth-order valence-corrected chi connectivity index (χ4v) is 3.90. The van der Waals surface area contributed by atoms with Crippen LogP contribution in [-0.2, 0) is 23.8 Å². The third-order valence-electron chi connectivity index (χ3n) is 6.26. The van der Waals surface area contributed by atoms with Crippen molar-refractivity contribution in [3.05, 3.63) is 105 Å². The van der Waals surface area contributed by atoms with E-state index >= 15 is 0 Å². The van der Waals surface area contributed by atoms with Gasteiger partial charge in [-0.1, -0.05) is 43.3 Å². The molecule has 12 heteroatoms. The highest BCUT2D eigenvalue weighted by Crippen LogP contribution is 2.20. The lowest BCUT2D eigenvalue weighted by molar-refractivity contribution is -0.160. The molecule has 42 heavy (non-hydrogen) atoms. The van der Waals surface area contributed by atoms with E-state index in [1.165, 1.54) is 26.1 Å². The average Bonchev–Trinajstić information content (AvgIpc) is 3.01. The highest BCUT2D eigenvalue weighted by Gasteiger charge is 2.30. The number of esters is 2. The van der Waals surface area contributed by atoms with Crippen LogP contribution in [0.15, 0.2) is 82.5 Å². The lowest BCUT2D eigenvalue weighted by Crippen LogP contribution is -2.47. The normalized spacial score (nSPS) is 12.9. The molecule has 0 aliphatic carbocycles. The number of carbonyl (C=O) groups excluding carboxylic acids is 4. The van der Waals surface area contributed by atoms with Crippen molar-refractivity contribution < 1.29 is 33.4 Å². The van der Waals surface area contributed by atoms with Crippen LogP contribution >= 0.6 is 0 Å². The van der Waals surface area contributed by atoms with E-state index in [2.05, 4.69) is 5.32 Å².